The molecule has 108 valence electrons. The lowest BCUT2D eigenvalue weighted by Gasteiger charge is -2.14. The zero-order chi connectivity index (χ0) is 14.1. The van der Waals surface area contributed by atoms with Gasteiger partial charge in [-0.15, -0.1) is 0 Å². The maximum absolute atomic E-state index is 13.1. The molecule has 2 nitrogen and oxygen atoms in total. The minimum atomic E-state index is -0.805. The largest absolute Gasteiger partial charge is 0.381 e. The first kappa shape index (κ1) is 16.1. The summed E-state index contributed by atoms with van der Waals surface area (Å²) in [6.07, 6.45) is 3.15. The average Bonchev–Trinajstić information content (AvgIpc) is 2.40. The second kappa shape index (κ2) is 8.99. The second-order valence-electron chi connectivity index (χ2n) is 4.67. The standard InChI is InChI=1S/C15H23F2NO/c1-3-4-9-19-10-5-8-18-12(2)13-6-7-14(16)15(17)11-13/h6-7,11-12,18H,3-5,8-10H2,1-2H3. The Morgan fingerprint density at radius 3 is 2.58 bits per heavy atom. The molecule has 1 aromatic carbocycles. The molecule has 4 heteroatoms. The Kier molecular flexibility index (Phi) is 7.60. The van der Waals surface area contributed by atoms with E-state index in [1.807, 2.05) is 6.92 Å². The van der Waals surface area contributed by atoms with Gasteiger partial charge in [-0.05, 0) is 44.0 Å². The Balaban J connectivity index is 2.20. The summed E-state index contributed by atoms with van der Waals surface area (Å²) in [5.74, 6) is -1.60. The summed E-state index contributed by atoms with van der Waals surface area (Å²) in [5, 5.41) is 3.27. The zero-order valence-corrected chi connectivity index (χ0v) is 11.7. The Morgan fingerprint density at radius 2 is 1.89 bits per heavy atom. The van der Waals surface area contributed by atoms with Crippen molar-refractivity contribution in [3.8, 4) is 0 Å². The molecule has 0 aliphatic carbocycles. The SMILES string of the molecule is CCCCOCCCNC(C)c1ccc(F)c(F)c1. The summed E-state index contributed by atoms with van der Waals surface area (Å²) in [6.45, 7) is 6.41. The molecule has 1 N–H and O–H groups in total. The Labute approximate surface area is 114 Å². The molecule has 1 aromatic rings. The fraction of sp³-hybridized carbons (Fsp3) is 0.600. The summed E-state index contributed by atoms with van der Waals surface area (Å²) >= 11 is 0. The third-order valence-electron chi connectivity index (χ3n) is 3.00. The number of halogens is 2. The lowest BCUT2D eigenvalue weighted by Crippen LogP contribution is -2.21. The molecule has 0 bridgehead atoms. The highest BCUT2D eigenvalue weighted by Gasteiger charge is 2.08. The van der Waals surface area contributed by atoms with Crippen molar-refractivity contribution >= 4 is 0 Å². The predicted octanol–water partition coefficient (Wildman–Crippen LogP) is 3.82. The van der Waals surface area contributed by atoms with E-state index in [9.17, 15) is 8.78 Å². The van der Waals surface area contributed by atoms with Crippen LogP contribution in [0.3, 0.4) is 0 Å². The van der Waals surface area contributed by atoms with E-state index >= 15 is 0 Å². The molecule has 0 fully saturated rings. The molecule has 0 heterocycles. The van der Waals surface area contributed by atoms with Crippen molar-refractivity contribution in [2.24, 2.45) is 0 Å². The van der Waals surface area contributed by atoms with E-state index in [0.29, 0.717) is 0 Å². The van der Waals surface area contributed by atoms with Crippen LogP contribution in [0.1, 0.15) is 44.7 Å². The first-order chi connectivity index (χ1) is 9.15. The maximum Gasteiger partial charge on any atom is 0.159 e. The van der Waals surface area contributed by atoms with E-state index in [0.717, 1.165) is 50.7 Å². The highest BCUT2D eigenvalue weighted by Crippen LogP contribution is 2.15. The van der Waals surface area contributed by atoms with E-state index in [2.05, 4.69) is 12.2 Å². The minimum absolute atomic E-state index is 0.00532. The molecular weight excluding hydrogens is 248 g/mol. The van der Waals surface area contributed by atoms with E-state index in [-0.39, 0.29) is 6.04 Å². The molecule has 1 rings (SSSR count). The molecule has 0 spiro atoms. The van der Waals surface area contributed by atoms with E-state index < -0.39 is 11.6 Å². The van der Waals surface area contributed by atoms with Gasteiger partial charge in [0.25, 0.3) is 0 Å². The topological polar surface area (TPSA) is 21.3 Å². The van der Waals surface area contributed by atoms with Crippen LogP contribution in [0, 0.1) is 11.6 Å². The van der Waals surface area contributed by atoms with E-state index in [1.165, 1.54) is 6.07 Å². The van der Waals surface area contributed by atoms with Crippen LogP contribution in [0.4, 0.5) is 8.78 Å². The molecular formula is C15H23F2NO. The van der Waals surface area contributed by atoms with Crippen LogP contribution in [0.2, 0.25) is 0 Å². The molecule has 0 saturated heterocycles. The summed E-state index contributed by atoms with van der Waals surface area (Å²) < 4.78 is 31.3. The van der Waals surface area contributed by atoms with Gasteiger partial charge in [-0.2, -0.15) is 0 Å². The molecule has 0 aromatic heterocycles. The number of benzene rings is 1. The van der Waals surface area contributed by atoms with Crippen molar-refractivity contribution in [1.29, 1.82) is 0 Å². The van der Waals surface area contributed by atoms with Gasteiger partial charge >= 0.3 is 0 Å². The van der Waals surface area contributed by atoms with Gasteiger partial charge in [0.1, 0.15) is 0 Å². The average molecular weight is 271 g/mol. The van der Waals surface area contributed by atoms with Crippen molar-refractivity contribution < 1.29 is 13.5 Å². The second-order valence-corrected chi connectivity index (χ2v) is 4.67. The smallest absolute Gasteiger partial charge is 0.159 e. The van der Waals surface area contributed by atoms with Crippen molar-refractivity contribution in [3.63, 3.8) is 0 Å². The van der Waals surface area contributed by atoms with Gasteiger partial charge in [0.15, 0.2) is 11.6 Å². The van der Waals surface area contributed by atoms with E-state index in [4.69, 9.17) is 4.74 Å². The number of hydrogen-bond donors (Lipinski definition) is 1. The van der Waals surface area contributed by atoms with Crippen LogP contribution >= 0.6 is 0 Å². The maximum atomic E-state index is 13.1. The van der Waals surface area contributed by atoms with Crippen molar-refractivity contribution in [2.75, 3.05) is 19.8 Å². The predicted molar refractivity (Wildman–Crippen MR) is 73.1 cm³/mol. The summed E-state index contributed by atoms with van der Waals surface area (Å²) in [6, 6.07) is 4.01. The van der Waals surface area contributed by atoms with Crippen molar-refractivity contribution in [1.82, 2.24) is 5.32 Å². The van der Waals surface area contributed by atoms with Crippen molar-refractivity contribution in [3.05, 3.63) is 35.4 Å². The van der Waals surface area contributed by atoms with Crippen LogP contribution in [-0.2, 0) is 4.74 Å². The van der Waals surface area contributed by atoms with Gasteiger partial charge in [0, 0.05) is 19.3 Å². The third kappa shape index (κ3) is 6.12. The van der Waals surface area contributed by atoms with Gasteiger partial charge in [0.2, 0.25) is 0 Å². The number of rotatable bonds is 9. The molecule has 1 unspecified atom stereocenters. The molecule has 0 aliphatic heterocycles. The lowest BCUT2D eigenvalue weighted by molar-refractivity contribution is 0.128. The fourth-order valence-corrected chi connectivity index (χ4v) is 1.74. The molecule has 19 heavy (non-hydrogen) atoms. The number of unbranched alkanes of at least 4 members (excludes halogenated alkanes) is 1. The van der Waals surface area contributed by atoms with Crippen LogP contribution in [0.5, 0.6) is 0 Å². The summed E-state index contributed by atoms with van der Waals surface area (Å²) in [5.41, 5.74) is 0.755. The van der Waals surface area contributed by atoms with Crippen LogP contribution in [-0.4, -0.2) is 19.8 Å². The number of hydrogen-bond acceptors (Lipinski definition) is 2. The number of ether oxygens (including phenoxy) is 1. The summed E-state index contributed by atoms with van der Waals surface area (Å²) in [4.78, 5) is 0. The molecule has 0 amide bonds. The molecule has 1 atom stereocenters. The molecule has 0 radical (unpaired) electrons. The van der Waals surface area contributed by atoms with Gasteiger partial charge < -0.3 is 10.1 Å². The van der Waals surface area contributed by atoms with Gasteiger partial charge in [0.05, 0.1) is 0 Å². The van der Waals surface area contributed by atoms with E-state index in [1.54, 1.807) is 6.07 Å². The van der Waals surface area contributed by atoms with Crippen LogP contribution in [0.15, 0.2) is 18.2 Å². The zero-order valence-electron chi connectivity index (χ0n) is 11.7. The Hall–Kier alpha value is -1.00. The molecule has 0 saturated carbocycles. The highest BCUT2D eigenvalue weighted by atomic mass is 19.2. The minimum Gasteiger partial charge on any atom is -0.381 e. The first-order valence-corrected chi connectivity index (χ1v) is 6.91. The van der Waals surface area contributed by atoms with Gasteiger partial charge in [-0.1, -0.05) is 19.4 Å². The Morgan fingerprint density at radius 1 is 1.16 bits per heavy atom. The number of nitrogens with one attached hydrogen (secondary N) is 1. The third-order valence-corrected chi connectivity index (χ3v) is 3.00. The highest BCUT2D eigenvalue weighted by molar-refractivity contribution is 5.20. The summed E-state index contributed by atoms with van der Waals surface area (Å²) in [7, 11) is 0. The lowest BCUT2D eigenvalue weighted by atomic mass is 10.1. The monoisotopic (exact) mass is 271 g/mol. The molecule has 0 aliphatic rings. The van der Waals surface area contributed by atoms with Gasteiger partial charge in [-0.25, -0.2) is 8.78 Å². The van der Waals surface area contributed by atoms with Crippen molar-refractivity contribution in [2.45, 2.75) is 39.2 Å². The normalized spacial score (nSPS) is 12.6. The Bertz CT molecular complexity index is 371. The van der Waals surface area contributed by atoms with Gasteiger partial charge in [-0.3, -0.25) is 0 Å². The first-order valence-electron chi connectivity index (χ1n) is 6.91. The van der Waals surface area contributed by atoms with Crippen LogP contribution in [0.25, 0.3) is 0 Å². The fourth-order valence-electron chi connectivity index (χ4n) is 1.74. The van der Waals surface area contributed by atoms with Crippen LogP contribution < -0.4 is 5.32 Å². The quantitative estimate of drug-likeness (QED) is 0.689.